The number of rotatable bonds is 8. The molecule has 2 unspecified atom stereocenters. The van der Waals surface area contributed by atoms with E-state index in [1.807, 2.05) is 0 Å². The Bertz CT molecular complexity index is 1220. The van der Waals surface area contributed by atoms with E-state index >= 15 is 0 Å². The molecule has 0 spiro atoms. The fourth-order valence-electron chi connectivity index (χ4n) is 2.99. The number of aryl methyl sites for hydroxylation is 1. The summed E-state index contributed by atoms with van der Waals surface area (Å²) in [5.74, 6) is -0.162. The van der Waals surface area contributed by atoms with Gasteiger partial charge in [-0.3, -0.25) is 18.9 Å². The Labute approximate surface area is 177 Å². The van der Waals surface area contributed by atoms with Gasteiger partial charge >= 0.3 is 29.1 Å². The Morgan fingerprint density at radius 3 is 2.56 bits per heavy atom. The summed E-state index contributed by atoms with van der Waals surface area (Å²) in [5.41, 5.74) is 5.35. The number of nitrogens with two attached hydrogens (primary N) is 1. The average Bonchev–Trinajstić information content (AvgIpc) is 3.09. The maximum absolute atomic E-state index is 12.1. The van der Waals surface area contributed by atoms with Crippen LogP contribution in [0, 0.1) is 0 Å². The van der Waals surface area contributed by atoms with Crippen LogP contribution in [-0.2, 0) is 38.6 Å². The normalized spacial score (nSPS) is 25.6. The molecular formula is C11H19N5O13P3+. The lowest BCUT2D eigenvalue weighted by Gasteiger charge is -2.18. The van der Waals surface area contributed by atoms with Crippen molar-refractivity contribution in [2.24, 2.45) is 7.05 Å². The third kappa shape index (κ3) is 5.88. The largest absolute Gasteiger partial charge is 0.490 e. The van der Waals surface area contributed by atoms with Gasteiger partial charge in [0.2, 0.25) is 5.52 Å². The molecule has 21 heteroatoms. The molecule has 2 aromatic heterocycles. The van der Waals surface area contributed by atoms with E-state index in [0.717, 1.165) is 0 Å². The van der Waals surface area contributed by atoms with Crippen LogP contribution in [0.15, 0.2) is 11.1 Å². The summed E-state index contributed by atoms with van der Waals surface area (Å²) < 4.78 is 53.9. The topological polar surface area (TPSA) is 270 Å². The van der Waals surface area contributed by atoms with Crippen molar-refractivity contribution in [3.8, 4) is 0 Å². The van der Waals surface area contributed by atoms with Crippen molar-refractivity contribution in [2.45, 2.75) is 24.9 Å². The molecule has 8 N–H and O–H groups in total. The second kappa shape index (κ2) is 8.68. The number of imidazole rings is 1. The minimum absolute atomic E-state index is 0.0669. The van der Waals surface area contributed by atoms with Crippen molar-refractivity contribution in [3.63, 3.8) is 0 Å². The van der Waals surface area contributed by atoms with E-state index in [0.29, 0.717) is 0 Å². The Balaban J connectivity index is 1.71. The number of nitrogen functional groups attached to an aromatic ring is 1. The molecule has 2 aromatic rings. The van der Waals surface area contributed by atoms with E-state index in [1.165, 1.54) is 15.5 Å². The number of nitrogens with zero attached hydrogens (tertiary/aromatic N) is 3. The molecule has 1 aliphatic heterocycles. The first-order chi connectivity index (χ1) is 14.6. The summed E-state index contributed by atoms with van der Waals surface area (Å²) in [6, 6.07) is 0. The molecule has 1 aliphatic rings. The van der Waals surface area contributed by atoms with Gasteiger partial charge in [-0.15, -0.1) is 0 Å². The van der Waals surface area contributed by atoms with E-state index in [2.05, 4.69) is 23.1 Å². The molecule has 0 saturated carbocycles. The summed E-state index contributed by atoms with van der Waals surface area (Å²) in [6.07, 6.45) is -2.02. The summed E-state index contributed by atoms with van der Waals surface area (Å²) in [6.45, 7) is -0.831. The van der Waals surface area contributed by atoms with Crippen LogP contribution < -0.4 is 15.9 Å². The molecule has 0 amide bonds. The highest BCUT2D eigenvalue weighted by Gasteiger charge is 2.44. The SMILES string of the molecule is Cn1c[n+]([C@H]2C[C@@H](O)[C@@H](COP(=O)(O)OP(=O)(O)OP(=O)(O)O)O2)c2nc(N)[nH]c(=O)c21. The summed E-state index contributed by atoms with van der Waals surface area (Å²) >= 11 is 0. The molecule has 0 radical (unpaired) electrons. The molecule has 180 valence electrons. The van der Waals surface area contributed by atoms with Gasteiger partial charge in [-0.1, -0.05) is 4.98 Å². The molecule has 5 atom stereocenters. The first-order valence-electron chi connectivity index (χ1n) is 8.45. The third-order valence-electron chi connectivity index (χ3n) is 4.12. The van der Waals surface area contributed by atoms with Crippen molar-refractivity contribution in [1.82, 2.24) is 14.5 Å². The second-order valence-electron chi connectivity index (χ2n) is 6.58. The lowest BCUT2D eigenvalue weighted by molar-refractivity contribution is -0.739. The standard InChI is InChI=1S/C11H18N5O13P3/c1-15-4-16(9-8(15)10(18)14-11(12)13-9)7-2-5(17)6(27-7)3-26-31(22,23)29-32(24,25)28-30(19,20)21/h4-7,17H,2-3H2,1H3,(H6-,12,13,14,18,19,20,21,22,23,24,25)/p+1/t5-,6-,7-/m1/s1. The monoisotopic (exact) mass is 522 g/mol. The fraction of sp³-hybridized carbons (Fsp3) is 0.545. The number of ether oxygens (including phenoxy) is 1. The molecule has 1 fully saturated rings. The number of fused-ring (bicyclic) bond motifs is 1. The predicted octanol–water partition coefficient (Wildman–Crippen LogP) is -1.88. The van der Waals surface area contributed by atoms with Gasteiger partial charge in [0.25, 0.3) is 11.5 Å². The summed E-state index contributed by atoms with van der Waals surface area (Å²) in [7, 11) is -15.0. The van der Waals surface area contributed by atoms with Crippen molar-refractivity contribution in [1.29, 1.82) is 0 Å². The van der Waals surface area contributed by atoms with Gasteiger partial charge in [0, 0.05) is 6.42 Å². The van der Waals surface area contributed by atoms with Crippen LogP contribution >= 0.6 is 23.5 Å². The number of aliphatic hydroxyl groups is 1. The number of aromatic amines is 1. The minimum atomic E-state index is -5.67. The number of hydrogen-bond donors (Lipinski definition) is 7. The number of aliphatic hydroxyl groups excluding tert-OH is 1. The zero-order chi connectivity index (χ0) is 24.1. The molecule has 32 heavy (non-hydrogen) atoms. The van der Waals surface area contributed by atoms with Crippen LogP contribution in [-0.4, -0.2) is 58.0 Å². The van der Waals surface area contributed by atoms with Gasteiger partial charge < -0.3 is 35.2 Å². The summed E-state index contributed by atoms with van der Waals surface area (Å²) in [5, 5.41) is 10.2. The van der Waals surface area contributed by atoms with Crippen LogP contribution in [0.4, 0.5) is 5.95 Å². The zero-order valence-corrected chi connectivity index (χ0v) is 18.7. The predicted molar refractivity (Wildman–Crippen MR) is 100 cm³/mol. The van der Waals surface area contributed by atoms with E-state index in [-0.39, 0.29) is 23.5 Å². The van der Waals surface area contributed by atoms with Crippen LogP contribution in [0.1, 0.15) is 12.6 Å². The molecule has 3 heterocycles. The average molecular weight is 522 g/mol. The van der Waals surface area contributed by atoms with Gasteiger partial charge in [-0.2, -0.15) is 8.62 Å². The van der Waals surface area contributed by atoms with Crippen LogP contribution in [0.5, 0.6) is 0 Å². The third-order valence-corrected chi connectivity index (χ3v) is 7.92. The fourth-order valence-corrected chi connectivity index (χ4v) is 6.02. The molecule has 0 aliphatic carbocycles. The quantitative estimate of drug-likeness (QED) is 0.148. The van der Waals surface area contributed by atoms with E-state index in [9.17, 15) is 28.5 Å². The molecule has 3 rings (SSSR count). The van der Waals surface area contributed by atoms with Crippen molar-refractivity contribution in [3.05, 3.63) is 16.7 Å². The first kappa shape index (κ1) is 25.1. The lowest BCUT2D eigenvalue weighted by atomic mass is 10.2. The molecule has 0 aromatic carbocycles. The van der Waals surface area contributed by atoms with Crippen molar-refractivity contribution < 1.29 is 60.8 Å². The van der Waals surface area contributed by atoms with E-state index < -0.39 is 54.1 Å². The number of phosphoric ester groups is 1. The van der Waals surface area contributed by atoms with Crippen LogP contribution in [0.25, 0.3) is 11.2 Å². The number of nitrogens with one attached hydrogen (secondary N) is 1. The Kier molecular flexibility index (Phi) is 6.81. The molecular weight excluding hydrogens is 503 g/mol. The highest BCUT2D eigenvalue weighted by molar-refractivity contribution is 7.66. The highest BCUT2D eigenvalue weighted by atomic mass is 31.3. The zero-order valence-electron chi connectivity index (χ0n) is 16.0. The first-order valence-corrected chi connectivity index (χ1v) is 13.0. The Hall–Kier alpha value is -1.52. The van der Waals surface area contributed by atoms with Gasteiger partial charge in [-0.05, 0) is 0 Å². The number of H-pyrrole nitrogens is 1. The smallest absolute Gasteiger partial charge is 0.390 e. The van der Waals surface area contributed by atoms with Gasteiger partial charge in [0.15, 0.2) is 12.6 Å². The second-order valence-corrected chi connectivity index (χ2v) is 11.0. The van der Waals surface area contributed by atoms with Crippen molar-refractivity contribution in [2.75, 3.05) is 12.3 Å². The molecule has 0 bridgehead atoms. The van der Waals surface area contributed by atoms with Crippen LogP contribution in [0.3, 0.4) is 0 Å². The molecule has 18 nitrogen and oxygen atoms in total. The lowest BCUT2D eigenvalue weighted by Crippen LogP contribution is -2.39. The number of aromatic nitrogens is 4. The maximum atomic E-state index is 12.1. The Morgan fingerprint density at radius 2 is 1.94 bits per heavy atom. The maximum Gasteiger partial charge on any atom is 0.490 e. The number of hydrogen-bond acceptors (Lipinski definition) is 11. The highest BCUT2D eigenvalue weighted by Crippen LogP contribution is 2.66. The van der Waals surface area contributed by atoms with Gasteiger partial charge in [-0.25, -0.2) is 18.3 Å². The van der Waals surface area contributed by atoms with Gasteiger partial charge in [0.05, 0.1) is 19.8 Å². The van der Waals surface area contributed by atoms with E-state index in [4.69, 9.17) is 25.2 Å². The van der Waals surface area contributed by atoms with Gasteiger partial charge in [0.1, 0.15) is 6.10 Å². The number of anilines is 1. The van der Waals surface area contributed by atoms with Crippen molar-refractivity contribution >= 4 is 40.6 Å². The number of phosphoric acid groups is 3. The van der Waals surface area contributed by atoms with E-state index in [1.54, 1.807) is 7.05 Å². The Morgan fingerprint density at radius 1 is 1.28 bits per heavy atom. The minimum Gasteiger partial charge on any atom is -0.390 e. The summed E-state index contributed by atoms with van der Waals surface area (Å²) in [4.78, 5) is 54.2. The molecule has 1 saturated heterocycles. The van der Waals surface area contributed by atoms with Crippen LogP contribution in [0.2, 0.25) is 0 Å².